The maximum Gasteiger partial charge on any atom is 0.244 e. The van der Waals surface area contributed by atoms with E-state index in [1.807, 2.05) is 24.3 Å². The molecule has 6 nitrogen and oxygen atoms in total. The molecule has 1 aliphatic rings. The summed E-state index contributed by atoms with van der Waals surface area (Å²) in [4.78, 5) is 0.0527. The lowest BCUT2D eigenvalue weighted by atomic mass is 9.84. The molecule has 0 fully saturated rings. The summed E-state index contributed by atoms with van der Waals surface area (Å²) in [6.07, 6.45) is 2.14. The highest BCUT2D eigenvalue weighted by Crippen LogP contribution is 2.43. The van der Waals surface area contributed by atoms with Gasteiger partial charge in [-0.3, -0.25) is 0 Å². The van der Waals surface area contributed by atoms with Gasteiger partial charge in [0.15, 0.2) is 0 Å². The molecule has 152 valence electrons. The van der Waals surface area contributed by atoms with Crippen molar-refractivity contribution < 1.29 is 22.6 Å². The minimum absolute atomic E-state index is 0.0527. The number of benzene rings is 2. The number of para-hydroxylation sites is 1. The molecule has 0 saturated heterocycles. The lowest BCUT2D eigenvalue weighted by molar-refractivity contribution is 0.0260. The van der Waals surface area contributed by atoms with Crippen LogP contribution in [0.2, 0.25) is 0 Å². The van der Waals surface area contributed by atoms with Gasteiger partial charge in [0.05, 0.1) is 20.3 Å². The fourth-order valence-corrected chi connectivity index (χ4v) is 5.05. The second-order valence-corrected chi connectivity index (χ2v) is 8.61. The zero-order chi connectivity index (χ0) is 20.4. The molecule has 0 aliphatic carbocycles. The highest BCUT2D eigenvalue weighted by atomic mass is 32.2. The number of hydrogen-bond donors (Lipinski definition) is 1. The van der Waals surface area contributed by atoms with Gasteiger partial charge in [0.2, 0.25) is 10.0 Å². The van der Waals surface area contributed by atoms with Crippen molar-refractivity contribution in [1.29, 1.82) is 0 Å². The summed E-state index contributed by atoms with van der Waals surface area (Å²) in [7, 11) is -0.910. The van der Waals surface area contributed by atoms with E-state index in [0.717, 1.165) is 24.2 Å². The van der Waals surface area contributed by atoms with Crippen LogP contribution in [0, 0.1) is 0 Å². The van der Waals surface area contributed by atoms with Crippen molar-refractivity contribution in [2.75, 3.05) is 14.2 Å². The fraction of sp³-hybridized carbons (Fsp3) is 0.429. The first kappa shape index (κ1) is 20.5. The third-order valence-electron chi connectivity index (χ3n) is 5.44. The largest absolute Gasteiger partial charge is 0.497 e. The number of nitrogens with one attached hydrogen (secondary N) is 1. The topological polar surface area (TPSA) is 73.9 Å². The number of methoxy groups -OCH3 is 2. The monoisotopic (exact) mass is 405 g/mol. The van der Waals surface area contributed by atoms with Crippen molar-refractivity contribution >= 4 is 10.0 Å². The molecule has 0 spiro atoms. The summed E-state index contributed by atoms with van der Waals surface area (Å²) in [5.41, 5.74) is 0.436. The molecule has 0 aromatic heterocycles. The Hall–Kier alpha value is -2.25. The van der Waals surface area contributed by atoms with Crippen molar-refractivity contribution in [2.45, 2.75) is 49.6 Å². The predicted molar refractivity (Wildman–Crippen MR) is 108 cm³/mol. The first-order valence-electron chi connectivity index (χ1n) is 9.40. The van der Waals surface area contributed by atoms with Gasteiger partial charge >= 0.3 is 0 Å². The van der Waals surface area contributed by atoms with Crippen LogP contribution in [0.3, 0.4) is 0 Å². The van der Waals surface area contributed by atoms with E-state index in [4.69, 9.17) is 14.2 Å². The van der Waals surface area contributed by atoms with Crippen LogP contribution >= 0.6 is 0 Å². The van der Waals surface area contributed by atoms with Crippen molar-refractivity contribution in [2.24, 2.45) is 0 Å². The molecule has 0 saturated carbocycles. The molecule has 1 atom stereocenters. The Bertz CT molecular complexity index is 938. The molecule has 1 aliphatic heterocycles. The summed E-state index contributed by atoms with van der Waals surface area (Å²) < 4.78 is 46.1. The van der Waals surface area contributed by atoms with E-state index in [-0.39, 0.29) is 10.6 Å². The highest BCUT2D eigenvalue weighted by molar-refractivity contribution is 7.89. The minimum atomic E-state index is -3.86. The third kappa shape index (κ3) is 3.82. The first-order chi connectivity index (χ1) is 13.4. The Morgan fingerprint density at radius 2 is 1.82 bits per heavy atom. The molecule has 0 unspecified atom stereocenters. The normalized spacial score (nSPS) is 18.1. The van der Waals surface area contributed by atoms with Crippen molar-refractivity contribution in [3.05, 3.63) is 48.0 Å². The SMILES string of the molecule is CCC1(CC)C[C@H](NS(=O)(=O)c2cc(OC)ccc2OC)c2ccccc2O1. The maximum atomic E-state index is 13.3. The highest BCUT2D eigenvalue weighted by Gasteiger charge is 2.40. The average Bonchev–Trinajstić information content (AvgIpc) is 2.72. The van der Waals surface area contributed by atoms with Gasteiger partial charge in [-0.05, 0) is 31.0 Å². The number of hydrogen-bond acceptors (Lipinski definition) is 5. The van der Waals surface area contributed by atoms with Crippen molar-refractivity contribution in [1.82, 2.24) is 4.72 Å². The van der Waals surface area contributed by atoms with E-state index < -0.39 is 21.7 Å². The Kier molecular flexibility index (Phi) is 5.86. The van der Waals surface area contributed by atoms with E-state index in [9.17, 15) is 8.42 Å². The van der Waals surface area contributed by atoms with E-state index in [0.29, 0.717) is 12.2 Å². The van der Waals surface area contributed by atoms with E-state index in [1.54, 1.807) is 12.1 Å². The fourth-order valence-electron chi connectivity index (χ4n) is 3.65. The van der Waals surface area contributed by atoms with Gasteiger partial charge in [0, 0.05) is 18.1 Å². The van der Waals surface area contributed by atoms with E-state index >= 15 is 0 Å². The molecular formula is C21H27NO5S. The van der Waals surface area contributed by atoms with Crippen LogP contribution in [-0.2, 0) is 10.0 Å². The summed E-state index contributed by atoms with van der Waals surface area (Å²) in [5.74, 6) is 1.44. The van der Waals surface area contributed by atoms with E-state index in [2.05, 4.69) is 18.6 Å². The molecule has 3 rings (SSSR count). The van der Waals surface area contributed by atoms with Gasteiger partial charge in [0.25, 0.3) is 0 Å². The van der Waals surface area contributed by atoms with Crippen LogP contribution in [0.5, 0.6) is 17.2 Å². The van der Waals surface area contributed by atoms with Gasteiger partial charge in [-0.2, -0.15) is 0 Å². The molecule has 1 heterocycles. The zero-order valence-corrected chi connectivity index (χ0v) is 17.5. The zero-order valence-electron chi connectivity index (χ0n) is 16.7. The Labute approximate surface area is 166 Å². The van der Waals surface area contributed by atoms with Crippen molar-refractivity contribution in [3.8, 4) is 17.2 Å². The maximum absolute atomic E-state index is 13.3. The third-order valence-corrected chi connectivity index (χ3v) is 6.94. The second kappa shape index (κ2) is 8.01. The van der Waals surface area contributed by atoms with Gasteiger partial charge in [0.1, 0.15) is 27.7 Å². The van der Waals surface area contributed by atoms with E-state index in [1.165, 1.54) is 20.3 Å². The first-order valence-corrected chi connectivity index (χ1v) is 10.9. The summed E-state index contributed by atoms with van der Waals surface area (Å²) in [6, 6.07) is 11.9. The summed E-state index contributed by atoms with van der Waals surface area (Å²) in [6.45, 7) is 4.13. The van der Waals surface area contributed by atoms with Gasteiger partial charge in [-0.1, -0.05) is 32.0 Å². The standard InChI is InChI=1S/C21H27NO5S/c1-5-21(6-2)14-17(16-9-7-8-10-18(16)27-21)22-28(23,24)20-13-15(25-3)11-12-19(20)26-4/h7-13,17,22H,5-6,14H2,1-4H3/t17-/m0/s1. The minimum Gasteiger partial charge on any atom is -0.497 e. The molecule has 2 aromatic carbocycles. The number of ether oxygens (including phenoxy) is 3. The Balaban J connectivity index is 2.02. The van der Waals surface area contributed by atoms with Crippen molar-refractivity contribution in [3.63, 3.8) is 0 Å². The van der Waals surface area contributed by atoms with Crippen LogP contribution < -0.4 is 18.9 Å². The molecule has 0 radical (unpaired) electrons. The molecule has 7 heteroatoms. The summed E-state index contributed by atoms with van der Waals surface area (Å²) >= 11 is 0. The molecule has 2 aromatic rings. The summed E-state index contributed by atoms with van der Waals surface area (Å²) in [5, 5.41) is 0. The molecule has 0 amide bonds. The van der Waals surface area contributed by atoms with Gasteiger partial charge in [-0.15, -0.1) is 0 Å². The van der Waals surface area contributed by atoms with Crippen LogP contribution in [0.4, 0.5) is 0 Å². The molecule has 0 bridgehead atoms. The lowest BCUT2D eigenvalue weighted by Crippen LogP contribution is -2.44. The van der Waals surface area contributed by atoms with Crippen LogP contribution in [0.15, 0.2) is 47.4 Å². The molecular weight excluding hydrogens is 378 g/mol. The molecule has 28 heavy (non-hydrogen) atoms. The molecule has 1 N–H and O–H groups in total. The smallest absolute Gasteiger partial charge is 0.244 e. The van der Waals surface area contributed by atoms with Crippen LogP contribution in [0.1, 0.15) is 44.7 Å². The number of fused-ring (bicyclic) bond motifs is 1. The van der Waals surface area contributed by atoms with Gasteiger partial charge in [-0.25, -0.2) is 13.1 Å². The number of rotatable bonds is 7. The lowest BCUT2D eigenvalue weighted by Gasteiger charge is -2.41. The quantitative estimate of drug-likeness (QED) is 0.752. The Morgan fingerprint density at radius 3 is 2.46 bits per heavy atom. The average molecular weight is 406 g/mol. The second-order valence-electron chi connectivity index (χ2n) is 6.92. The predicted octanol–water partition coefficient (Wildman–Crippen LogP) is 4.06. The Morgan fingerprint density at radius 1 is 1.11 bits per heavy atom. The van der Waals surface area contributed by atoms with Gasteiger partial charge < -0.3 is 14.2 Å². The van der Waals surface area contributed by atoms with Crippen LogP contribution in [-0.4, -0.2) is 28.2 Å². The number of sulfonamides is 1. The van der Waals surface area contributed by atoms with Crippen LogP contribution in [0.25, 0.3) is 0 Å².